The fraction of sp³-hybridized carbons (Fsp3) is 0.167. The summed E-state index contributed by atoms with van der Waals surface area (Å²) < 4.78 is 29.5. The molecule has 0 aliphatic carbocycles. The van der Waals surface area contributed by atoms with E-state index in [0.717, 1.165) is 6.07 Å². The van der Waals surface area contributed by atoms with E-state index in [2.05, 4.69) is 5.16 Å². The molecule has 1 N–H and O–H groups in total. The van der Waals surface area contributed by atoms with Crippen molar-refractivity contribution in [3.63, 3.8) is 0 Å². The first kappa shape index (κ1) is 15.8. The summed E-state index contributed by atoms with van der Waals surface area (Å²) >= 11 is 11.6. The molecule has 0 atom stereocenters. The molecule has 9 heteroatoms. The van der Waals surface area contributed by atoms with Crippen molar-refractivity contribution in [1.29, 1.82) is 0 Å². The first-order valence-electron chi connectivity index (χ1n) is 5.58. The number of sulfone groups is 1. The minimum Gasteiger partial charge on any atom is -0.478 e. The van der Waals surface area contributed by atoms with Crippen molar-refractivity contribution >= 4 is 39.0 Å². The summed E-state index contributed by atoms with van der Waals surface area (Å²) in [6.07, 6.45) is 0. The number of aryl methyl sites for hydroxylation is 1. The third-order valence-corrected chi connectivity index (χ3v) is 5.11. The van der Waals surface area contributed by atoms with Gasteiger partial charge in [-0.25, -0.2) is 13.2 Å². The summed E-state index contributed by atoms with van der Waals surface area (Å²) in [4.78, 5) is 10.8. The zero-order valence-corrected chi connectivity index (χ0v) is 13.0. The van der Waals surface area contributed by atoms with Gasteiger partial charge in [-0.15, -0.1) is 0 Å². The highest BCUT2D eigenvalue weighted by Crippen LogP contribution is 2.32. The molecule has 0 unspecified atom stereocenters. The molecular weight excluding hydrogens is 341 g/mol. The summed E-state index contributed by atoms with van der Waals surface area (Å²) in [7, 11) is -3.89. The number of halogens is 2. The predicted molar refractivity (Wildman–Crippen MR) is 75.6 cm³/mol. The van der Waals surface area contributed by atoms with Gasteiger partial charge < -0.3 is 9.63 Å². The second-order valence-corrected chi connectivity index (χ2v) is 6.98. The molecule has 2 aromatic rings. The Kier molecular flexibility index (Phi) is 4.27. The van der Waals surface area contributed by atoms with E-state index in [1.54, 1.807) is 6.92 Å². The molecular formula is C12H9Cl2NO5S. The number of hydrogen-bond donors (Lipinski definition) is 1. The Balaban J connectivity index is 2.50. The van der Waals surface area contributed by atoms with E-state index in [1.807, 2.05) is 0 Å². The lowest BCUT2D eigenvalue weighted by Crippen LogP contribution is -2.08. The Labute approximate surface area is 130 Å². The number of hydrogen-bond acceptors (Lipinski definition) is 5. The number of nitrogens with zero attached hydrogens (tertiary/aromatic N) is 1. The first-order valence-corrected chi connectivity index (χ1v) is 7.99. The standard InChI is InChI=1S/C12H9Cl2NO5S/c1-6-4-7(20-15-6)5-21(18,19)9-3-2-8(13)10(11(9)14)12(16)17/h2-4H,5H2,1H3,(H,16,17). The van der Waals surface area contributed by atoms with Crippen molar-refractivity contribution in [1.82, 2.24) is 5.16 Å². The van der Waals surface area contributed by atoms with Crippen LogP contribution < -0.4 is 0 Å². The monoisotopic (exact) mass is 349 g/mol. The van der Waals surface area contributed by atoms with Gasteiger partial charge in [0.2, 0.25) is 0 Å². The number of aromatic carboxylic acids is 1. The number of rotatable bonds is 4. The zero-order valence-electron chi connectivity index (χ0n) is 10.6. The van der Waals surface area contributed by atoms with Gasteiger partial charge in [0.25, 0.3) is 0 Å². The summed E-state index contributed by atoms with van der Waals surface area (Å²) in [5.41, 5.74) is 0.0850. The molecule has 0 aliphatic heterocycles. The topological polar surface area (TPSA) is 97.5 Å². The first-order chi connectivity index (χ1) is 9.72. The van der Waals surface area contributed by atoms with Crippen LogP contribution in [0.4, 0.5) is 0 Å². The normalized spacial score (nSPS) is 11.6. The molecule has 21 heavy (non-hydrogen) atoms. The molecule has 1 aromatic heterocycles. The van der Waals surface area contributed by atoms with E-state index in [0.29, 0.717) is 5.69 Å². The van der Waals surface area contributed by atoms with Gasteiger partial charge >= 0.3 is 5.97 Å². The van der Waals surface area contributed by atoms with Crippen LogP contribution in [0.25, 0.3) is 0 Å². The van der Waals surface area contributed by atoms with Crippen LogP contribution in [0.5, 0.6) is 0 Å². The highest BCUT2D eigenvalue weighted by Gasteiger charge is 2.26. The molecule has 0 fully saturated rings. The molecule has 0 saturated carbocycles. The van der Waals surface area contributed by atoms with Gasteiger partial charge in [-0.3, -0.25) is 0 Å². The van der Waals surface area contributed by atoms with Crippen LogP contribution in [0.2, 0.25) is 10.0 Å². The number of carboxylic acid groups (broad SMARTS) is 1. The van der Waals surface area contributed by atoms with Crippen molar-refractivity contribution in [2.75, 3.05) is 0 Å². The van der Waals surface area contributed by atoms with Crippen molar-refractivity contribution in [3.8, 4) is 0 Å². The van der Waals surface area contributed by atoms with Crippen molar-refractivity contribution in [3.05, 3.63) is 45.3 Å². The van der Waals surface area contributed by atoms with Crippen LogP contribution in [0.15, 0.2) is 27.6 Å². The number of benzene rings is 1. The van der Waals surface area contributed by atoms with Gasteiger partial charge in [0.05, 0.1) is 26.2 Å². The molecule has 0 aliphatic rings. The lowest BCUT2D eigenvalue weighted by Gasteiger charge is -2.08. The SMILES string of the molecule is Cc1cc(CS(=O)(=O)c2ccc(Cl)c(C(=O)O)c2Cl)on1. The number of carbonyl (C=O) groups is 1. The van der Waals surface area contributed by atoms with Crippen LogP contribution >= 0.6 is 23.2 Å². The fourth-order valence-corrected chi connectivity index (χ4v) is 3.92. The van der Waals surface area contributed by atoms with Gasteiger partial charge in [-0.05, 0) is 19.1 Å². The average Bonchev–Trinajstić information content (AvgIpc) is 2.72. The van der Waals surface area contributed by atoms with E-state index in [-0.39, 0.29) is 15.7 Å². The summed E-state index contributed by atoms with van der Waals surface area (Å²) in [6, 6.07) is 3.81. The molecule has 1 aromatic carbocycles. The maximum absolute atomic E-state index is 12.3. The third kappa shape index (κ3) is 3.20. The third-order valence-electron chi connectivity index (χ3n) is 2.61. The lowest BCUT2D eigenvalue weighted by atomic mass is 10.2. The smallest absolute Gasteiger partial charge is 0.338 e. The molecule has 1 heterocycles. The van der Waals surface area contributed by atoms with Crippen LogP contribution in [-0.4, -0.2) is 24.7 Å². The van der Waals surface area contributed by atoms with E-state index in [4.69, 9.17) is 32.8 Å². The van der Waals surface area contributed by atoms with E-state index >= 15 is 0 Å². The lowest BCUT2D eigenvalue weighted by molar-refractivity contribution is 0.0697. The average molecular weight is 350 g/mol. The highest BCUT2D eigenvalue weighted by atomic mass is 35.5. The highest BCUT2D eigenvalue weighted by molar-refractivity contribution is 7.90. The van der Waals surface area contributed by atoms with Gasteiger partial charge in [-0.1, -0.05) is 28.4 Å². The second kappa shape index (κ2) is 5.67. The molecule has 0 bridgehead atoms. The predicted octanol–water partition coefficient (Wildman–Crippen LogP) is 2.96. The Morgan fingerprint density at radius 3 is 2.57 bits per heavy atom. The molecule has 112 valence electrons. The van der Waals surface area contributed by atoms with Gasteiger partial charge in [0.15, 0.2) is 15.6 Å². The van der Waals surface area contributed by atoms with Crippen LogP contribution in [0.1, 0.15) is 21.8 Å². The van der Waals surface area contributed by atoms with Gasteiger partial charge in [0, 0.05) is 6.07 Å². The van der Waals surface area contributed by atoms with Crippen molar-refractivity contribution in [2.45, 2.75) is 17.6 Å². The molecule has 2 rings (SSSR count). The van der Waals surface area contributed by atoms with Crippen molar-refractivity contribution < 1.29 is 22.8 Å². The Morgan fingerprint density at radius 2 is 2.05 bits per heavy atom. The Hall–Kier alpha value is -1.57. The quantitative estimate of drug-likeness (QED) is 0.910. The minimum absolute atomic E-state index is 0.135. The van der Waals surface area contributed by atoms with Gasteiger partial charge in [-0.2, -0.15) is 0 Å². The molecule has 0 radical (unpaired) electrons. The Bertz CT molecular complexity index is 813. The van der Waals surface area contributed by atoms with Crippen LogP contribution in [0.3, 0.4) is 0 Å². The van der Waals surface area contributed by atoms with Crippen LogP contribution in [-0.2, 0) is 15.6 Å². The summed E-state index contributed by atoms with van der Waals surface area (Å²) in [5.74, 6) is -1.75. The minimum atomic E-state index is -3.89. The van der Waals surface area contributed by atoms with Crippen molar-refractivity contribution in [2.24, 2.45) is 0 Å². The maximum Gasteiger partial charge on any atom is 0.338 e. The zero-order chi connectivity index (χ0) is 15.8. The molecule has 0 amide bonds. The largest absolute Gasteiger partial charge is 0.478 e. The van der Waals surface area contributed by atoms with Gasteiger partial charge in [0.1, 0.15) is 5.75 Å². The summed E-state index contributed by atoms with van der Waals surface area (Å²) in [5, 5.41) is 12.1. The van der Waals surface area contributed by atoms with E-state index in [9.17, 15) is 13.2 Å². The molecule has 0 spiro atoms. The number of aromatic nitrogens is 1. The molecule has 6 nitrogen and oxygen atoms in total. The summed E-state index contributed by atoms with van der Waals surface area (Å²) in [6.45, 7) is 1.65. The van der Waals surface area contributed by atoms with Crippen LogP contribution in [0, 0.1) is 6.92 Å². The van der Waals surface area contributed by atoms with E-state index in [1.165, 1.54) is 12.1 Å². The van der Waals surface area contributed by atoms with E-state index < -0.39 is 32.1 Å². The maximum atomic E-state index is 12.3. The Morgan fingerprint density at radius 1 is 1.38 bits per heavy atom. The second-order valence-electron chi connectivity index (χ2n) is 4.23. The number of carboxylic acids is 1. The molecule has 0 saturated heterocycles. The fourth-order valence-electron chi connectivity index (χ4n) is 1.72.